The molecule has 0 saturated heterocycles. The van der Waals surface area contributed by atoms with Gasteiger partial charge in [-0.15, -0.1) is 0 Å². The quantitative estimate of drug-likeness (QED) is 0.837. The lowest BCUT2D eigenvalue weighted by Crippen LogP contribution is -2.27. The summed E-state index contributed by atoms with van der Waals surface area (Å²) in [7, 11) is -3.14. The number of nitrogens with one attached hydrogen (secondary N) is 1. The second kappa shape index (κ2) is 5.97. The number of halogens is 3. The van der Waals surface area contributed by atoms with Gasteiger partial charge in [0.05, 0.1) is 15.9 Å². The van der Waals surface area contributed by atoms with Crippen molar-refractivity contribution < 1.29 is 17.2 Å². The molecule has 0 saturated carbocycles. The summed E-state index contributed by atoms with van der Waals surface area (Å²) in [4.78, 5) is 0. The second-order valence-electron chi connectivity index (χ2n) is 3.99. The molecule has 0 aliphatic rings. The summed E-state index contributed by atoms with van der Waals surface area (Å²) in [6.45, 7) is 3.18. The monoisotopic (exact) mass is 341 g/mol. The SMILES string of the molecule is CCS(=O)(=O)CC(C)Nc1cc(Br)c(F)cc1F. The van der Waals surface area contributed by atoms with Gasteiger partial charge in [0.2, 0.25) is 0 Å². The largest absolute Gasteiger partial charge is 0.379 e. The van der Waals surface area contributed by atoms with Crippen molar-refractivity contribution in [2.75, 3.05) is 16.8 Å². The van der Waals surface area contributed by atoms with Gasteiger partial charge < -0.3 is 5.32 Å². The van der Waals surface area contributed by atoms with Gasteiger partial charge in [-0.2, -0.15) is 0 Å². The van der Waals surface area contributed by atoms with Crippen molar-refractivity contribution in [3.63, 3.8) is 0 Å². The lowest BCUT2D eigenvalue weighted by atomic mass is 10.2. The van der Waals surface area contributed by atoms with E-state index in [0.29, 0.717) is 0 Å². The first-order valence-corrected chi connectivity index (χ1v) is 7.98. The van der Waals surface area contributed by atoms with Crippen molar-refractivity contribution >= 4 is 31.5 Å². The van der Waals surface area contributed by atoms with Crippen molar-refractivity contribution in [1.29, 1.82) is 0 Å². The zero-order valence-electron chi connectivity index (χ0n) is 10.0. The van der Waals surface area contributed by atoms with Crippen molar-refractivity contribution in [3.05, 3.63) is 28.2 Å². The highest BCUT2D eigenvalue weighted by Gasteiger charge is 2.16. The van der Waals surface area contributed by atoms with Crippen LogP contribution >= 0.6 is 15.9 Å². The van der Waals surface area contributed by atoms with Crippen molar-refractivity contribution in [3.8, 4) is 0 Å². The first kappa shape index (κ1) is 15.4. The summed E-state index contributed by atoms with van der Waals surface area (Å²) in [5.74, 6) is -1.52. The fraction of sp³-hybridized carbons (Fsp3) is 0.455. The van der Waals surface area contributed by atoms with Crippen LogP contribution in [0.15, 0.2) is 16.6 Å². The van der Waals surface area contributed by atoms with Gasteiger partial charge in [0.15, 0.2) is 9.84 Å². The van der Waals surface area contributed by atoms with E-state index in [0.717, 1.165) is 6.07 Å². The zero-order chi connectivity index (χ0) is 13.9. The number of hydrogen-bond donors (Lipinski definition) is 1. The Kier molecular flexibility index (Phi) is 5.10. The average Bonchev–Trinajstić information content (AvgIpc) is 2.25. The highest BCUT2D eigenvalue weighted by Crippen LogP contribution is 2.24. The van der Waals surface area contributed by atoms with Crippen LogP contribution in [0.25, 0.3) is 0 Å². The Morgan fingerprint density at radius 2 is 1.94 bits per heavy atom. The van der Waals surface area contributed by atoms with Crippen LogP contribution in [-0.4, -0.2) is 26.0 Å². The molecular weight excluding hydrogens is 328 g/mol. The third-order valence-corrected chi connectivity index (χ3v) is 4.85. The average molecular weight is 342 g/mol. The Bertz CT molecular complexity index is 534. The Hall–Kier alpha value is -0.690. The smallest absolute Gasteiger partial charge is 0.152 e. The summed E-state index contributed by atoms with van der Waals surface area (Å²) in [6.07, 6.45) is 0. The third kappa shape index (κ3) is 4.20. The van der Waals surface area contributed by atoms with Crippen LogP contribution in [0.3, 0.4) is 0 Å². The van der Waals surface area contributed by atoms with E-state index in [9.17, 15) is 17.2 Å². The van der Waals surface area contributed by atoms with Crippen LogP contribution < -0.4 is 5.32 Å². The van der Waals surface area contributed by atoms with Crippen LogP contribution in [0, 0.1) is 11.6 Å². The summed E-state index contributed by atoms with van der Waals surface area (Å²) in [5, 5.41) is 2.72. The predicted octanol–water partition coefficient (Wildman–Crippen LogP) is 2.96. The van der Waals surface area contributed by atoms with Crippen molar-refractivity contribution in [1.82, 2.24) is 0 Å². The van der Waals surface area contributed by atoms with Crippen LogP contribution in [0.4, 0.5) is 14.5 Å². The molecule has 18 heavy (non-hydrogen) atoms. The van der Waals surface area contributed by atoms with E-state index in [1.54, 1.807) is 13.8 Å². The molecule has 0 aliphatic carbocycles. The molecule has 1 aromatic carbocycles. The second-order valence-corrected chi connectivity index (χ2v) is 7.24. The van der Waals surface area contributed by atoms with Gasteiger partial charge >= 0.3 is 0 Å². The predicted molar refractivity (Wildman–Crippen MR) is 71.5 cm³/mol. The van der Waals surface area contributed by atoms with Crippen LogP contribution in [0.5, 0.6) is 0 Å². The molecule has 0 radical (unpaired) electrons. The van der Waals surface area contributed by atoms with Gasteiger partial charge in [0.1, 0.15) is 11.6 Å². The van der Waals surface area contributed by atoms with E-state index in [1.165, 1.54) is 6.07 Å². The van der Waals surface area contributed by atoms with Crippen LogP contribution in [-0.2, 0) is 9.84 Å². The molecule has 0 heterocycles. The molecule has 0 aromatic heterocycles. The highest BCUT2D eigenvalue weighted by atomic mass is 79.9. The maximum absolute atomic E-state index is 13.4. The van der Waals surface area contributed by atoms with E-state index in [-0.39, 0.29) is 21.7 Å². The number of benzene rings is 1. The number of sulfone groups is 1. The maximum Gasteiger partial charge on any atom is 0.152 e. The first-order valence-electron chi connectivity index (χ1n) is 5.36. The fourth-order valence-corrected chi connectivity index (χ4v) is 2.86. The normalized spacial score (nSPS) is 13.4. The highest BCUT2D eigenvalue weighted by molar-refractivity contribution is 9.10. The van der Waals surface area contributed by atoms with E-state index < -0.39 is 27.5 Å². The van der Waals surface area contributed by atoms with Crippen LogP contribution in [0.2, 0.25) is 0 Å². The molecule has 1 atom stereocenters. The lowest BCUT2D eigenvalue weighted by molar-refractivity contribution is 0.577. The Labute approximate surface area is 114 Å². The topological polar surface area (TPSA) is 46.2 Å². The molecule has 1 unspecified atom stereocenters. The van der Waals surface area contributed by atoms with Crippen molar-refractivity contribution in [2.45, 2.75) is 19.9 Å². The van der Waals surface area contributed by atoms with Gasteiger partial charge in [0.25, 0.3) is 0 Å². The molecule has 0 spiro atoms. The molecular formula is C11H14BrF2NO2S. The number of hydrogen-bond acceptors (Lipinski definition) is 3. The third-order valence-electron chi connectivity index (χ3n) is 2.36. The van der Waals surface area contributed by atoms with Crippen molar-refractivity contribution in [2.24, 2.45) is 0 Å². The first-order chi connectivity index (χ1) is 8.25. The summed E-state index contributed by atoms with van der Waals surface area (Å²) in [6, 6.07) is 1.54. The van der Waals surface area contributed by atoms with Gasteiger partial charge in [-0.3, -0.25) is 0 Å². The Morgan fingerprint density at radius 1 is 1.33 bits per heavy atom. The van der Waals surface area contributed by atoms with E-state index in [4.69, 9.17) is 0 Å². The molecule has 1 rings (SSSR count). The summed E-state index contributed by atoms with van der Waals surface area (Å²) < 4.78 is 49.4. The standard InChI is InChI=1S/C11H14BrF2NO2S/c1-3-18(16,17)6-7(2)15-11-4-8(12)9(13)5-10(11)14/h4-5,7,15H,3,6H2,1-2H3. The number of anilines is 1. The lowest BCUT2D eigenvalue weighted by Gasteiger charge is -2.16. The molecule has 102 valence electrons. The molecule has 0 amide bonds. The molecule has 3 nitrogen and oxygen atoms in total. The minimum absolute atomic E-state index is 0.0363. The zero-order valence-corrected chi connectivity index (χ0v) is 12.4. The van der Waals surface area contributed by atoms with Gasteiger partial charge in [-0.1, -0.05) is 6.92 Å². The number of rotatable bonds is 5. The molecule has 1 N–H and O–H groups in total. The molecule has 7 heteroatoms. The van der Waals surface area contributed by atoms with Gasteiger partial charge in [0, 0.05) is 17.9 Å². The molecule has 0 fully saturated rings. The maximum atomic E-state index is 13.4. The molecule has 1 aromatic rings. The summed E-state index contributed by atoms with van der Waals surface area (Å²) in [5.41, 5.74) is 0.0714. The minimum atomic E-state index is -3.14. The Balaban J connectivity index is 2.82. The fourth-order valence-electron chi connectivity index (χ4n) is 1.44. The van der Waals surface area contributed by atoms with E-state index in [2.05, 4.69) is 21.2 Å². The summed E-state index contributed by atoms with van der Waals surface area (Å²) >= 11 is 2.95. The van der Waals surface area contributed by atoms with Gasteiger partial charge in [-0.25, -0.2) is 17.2 Å². The van der Waals surface area contributed by atoms with E-state index in [1.807, 2.05) is 0 Å². The minimum Gasteiger partial charge on any atom is -0.379 e. The van der Waals surface area contributed by atoms with Gasteiger partial charge in [-0.05, 0) is 28.9 Å². The Morgan fingerprint density at radius 3 is 2.50 bits per heavy atom. The van der Waals surface area contributed by atoms with E-state index >= 15 is 0 Å². The molecule has 0 aliphatic heterocycles. The molecule has 0 bridgehead atoms. The van der Waals surface area contributed by atoms with Crippen LogP contribution in [0.1, 0.15) is 13.8 Å².